The summed E-state index contributed by atoms with van der Waals surface area (Å²) in [6.45, 7) is 9.29. The fraction of sp³-hybridized carbons (Fsp3) is 0.476. The van der Waals surface area contributed by atoms with Crippen molar-refractivity contribution in [3.8, 4) is 0 Å². The standard InChI is InChI=1S/C19H26FN3O2.C2H6/c1-13(2)19(18(22-4)15-8-6-5-7-9-15)25-17(24)11-10-16(20)12-23-14(3)21;1-2/h5-10,13,19H,11-12H2,1-4H3,(H2,21,23);1-2H3/b16-10+,22-18?;. The van der Waals surface area contributed by atoms with Gasteiger partial charge in [-0.2, -0.15) is 0 Å². The largest absolute Gasteiger partial charge is 0.455 e. The number of ether oxygens (including phenoxy) is 1. The van der Waals surface area contributed by atoms with Gasteiger partial charge in [-0.1, -0.05) is 58.0 Å². The molecule has 1 unspecified atom stereocenters. The number of hydrogen-bond acceptors (Lipinski definition) is 4. The molecular formula is C21H32FN3O2. The van der Waals surface area contributed by atoms with Crippen molar-refractivity contribution in [2.24, 2.45) is 21.6 Å². The van der Waals surface area contributed by atoms with Crippen molar-refractivity contribution in [3.63, 3.8) is 0 Å². The summed E-state index contributed by atoms with van der Waals surface area (Å²) in [4.78, 5) is 20.2. The number of aliphatic imine (C=N–C) groups is 2. The molecule has 2 N–H and O–H groups in total. The van der Waals surface area contributed by atoms with E-state index in [0.717, 1.165) is 11.6 Å². The molecule has 1 rings (SSSR count). The summed E-state index contributed by atoms with van der Waals surface area (Å²) < 4.78 is 19.1. The first-order chi connectivity index (χ1) is 12.8. The van der Waals surface area contributed by atoms with E-state index in [1.54, 1.807) is 14.0 Å². The lowest BCUT2D eigenvalue weighted by atomic mass is 9.96. The maximum Gasteiger partial charge on any atom is 0.310 e. The van der Waals surface area contributed by atoms with E-state index in [1.165, 1.54) is 0 Å². The lowest BCUT2D eigenvalue weighted by Crippen LogP contribution is -2.32. The van der Waals surface area contributed by atoms with E-state index in [2.05, 4.69) is 9.98 Å². The number of nitrogens with two attached hydrogens (primary N) is 1. The van der Waals surface area contributed by atoms with Crippen LogP contribution in [0, 0.1) is 5.92 Å². The van der Waals surface area contributed by atoms with Gasteiger partial charge in [0.25, 0.3) is 0 Å². The number of amidine groups is 1. The van der Waals surface area contributed by atoms with Gasteiger partial charge in [0.15, 0.2) is 0 Å². The minimum atomic E-state index is -0.518. The van der Waals surface area contributed by atoms with Crippen LogP contribution < -0.4 is 5.73 Å². The van der Waals surface area contributed by atoms with Crippen LogP contribution in [-0.4, -0.2) is 37.2 Å². The van der Waals surface area contributed by atoms with E-state index in [9.17, 15) is 9.18 Å². The van der Waals surface area contributed by atoms with Crippen molar-refractivity contribution in [1.29, 1.82) is 0 Å². The average molecular weight is 378 g/mol. The number of benzene rings is 1. The van der Waals surface area contributed by atoms with Crippen LogP contribution in [0.25, 0.3) is 0 Å². The molecule has 0 bridgehead atoms. The highest BCUT2D eigenvalue weighted by Gasteiger charge is 2.24. The third-order valence-electron chi connectivity index (χ3n) is 3.41. The minimum absolute atomic E-state index is 0.0289. The van der Waals surface area contributed by atoms with Crippen molar-refractivity contribution in [2.75, 3.05) is 13.6 Å². The summed E-state index contributed by atoms with van der Waals surface area (Å²) >= 11 is 0. The Morgan fingerprint density at radius 1 is 1.26 bits per heavy atom. The van der Waals surface area contributed by atoms with Gasteiger partial charge < -0.3 is 10.5 Å². The summed E-state index contributed by atoms with van der Waals surface area (Å²) in [5, 5.41) is 0. The van der Waals surface area contributed by atoms with E-state index < -0.39 is 17.9 Å². The molecule has 6 heteroatoms. The zero-order valence-electron chi connectivity index (χ0n) is 17.2. The molecule has 1 atom stereocenters. The Morgan fingerprint density at radius 2 is 1.85 bits per heavy atom. The van der Waals surface area contributed by atoms with E-state index in [4.69, 9.17) is 10.5 Å². The van der Waals surface area contributed by atoms with Crippen molar-refractivity contribution < 1.29 is 13.9 Å². The fourth-order valence-corrected chi connectivity index (χ4v) is 2.19. The van der Waals surface area contributed by atoms with E-state index in [1.807, 2.05) is 58.0 Å². The topological polar surface area (TPSA) is 77.0 Å². The molecule has 0 fully saturated rings. The maximum atomic E-state index is 13.6. The maximum absolute atomic E-state index is 13.6. The average Bonchev–Trinajstić information content (AvgIpc) is 2.66. The molecule has 1 aromatic carbocycles. The Morgan fingerprint density at radius 3 is 2.33 bits per heavy atom. The van der Waals surface area contributed by atoms with Crippen LogP contribution in [0.4, 0.5) is 4.39 Å². The van der Waals surface area contributed by atoms with Gasteiger partial charge in [0.05, 0.1) is 24.5 Å². The lowest BCUT2D eigenvalue weighted by Gasteiger charge is -2.23. The predicted octanol–water partition coefficient (Wildman–Crippen LogP) is 4.32. The summed E-state index contributed by atoms with van der Waals surface area (Å²) in [6, 6.07) is 9.54. The molecule has 0 spiro atoms. The van der Waals surface area contributed by atoms with Crippen molar-refractivity contribution in [1.82, 2.24) is 0 Å². The minimum Gasteiger partial charge on any atom is -0.455 e. The second-order valence-corrected chi connectivity index (χ2v) is 5.94. The molecule has 0 aliphatic carbocycles. The number of nitrogens with zero attached hydrogens (tertiary/aromatic N) is 2. The highest BCUT2D eigenvalue weighted by atomic mass is 19.1. The Balaban J connectivity index is 0.00000326. The molecule has 0 radical (unpaired) electrons. The van der Waals surface area contributed by atoms with Gasteiger partial charge >= 0.3 is 5.97 Å². The van der Waals surface area contributed by atoms with Crippen LogP contribution in [0.3, 0.4) is 0 Å². The van der Waals surface area contributed by atoms with Gasteiger partial charge in [0, 0.05) is 7.05 Å². The normalized spacial score (nSPS) is 13.7. The second-order valence-electron chi connectivity index (χ2n) is 5.94. The molecular weight excluding hydrogens is 345 g/mol. The first-order valence-electron chi connectivity index (χ1n) is 9.17. The molecule has 0 amide bonds. The van der Waals surface area contributed by atoms with E-state index >= 15 is 0 Å². The number of esters is 1. The number of hydrogen-bond donors (Lipinski definition) is 1. The number of carbonyl (C=O) groups is 1. The summed E-state index contributed by atoms with van der Waals surface area (Å²) in [7, 11) is 1.66. The van der Waals surface area contributed by atoms with Crippen LogP contribution >= 0.6 is 0 Å². The molecule has 5 nitrogen and oxygen atoms in total. The van der Waals surface area contributed by atoms with Gasteiger partial charge in [-0.25, -0.2) is 4.39 Å². The molecule has 0 heterocycles. The summed E-state index contributed by atoms with van der Waals surface area (Å²) in [5.41, 5.74) is 6.94. The lowest BCUT2D eigenvalue weighted by molar-refractivity contribution is -0.146. The molecule has 0 saturated heterocycles. The molecule has 27 heavy (non-hydrogen) atoms. The van der Waals surface area contributed by atoms with Gasteiger partial charge in [0.2, 0.25) is 0 Å². The van der Waals surface area contributed by atoms with Crippen LogP contribution in [0.1, 0.15) is 46.6 Å². The highest BCUT2D eigenvalue weighted by Crippen LogP contribution is 2.16. The number of rotatable bonds is 8. The molecule has 150 valence electrons. The number of halogens is 1. The van der Waals surface area contributed by atoms with Gasteiger partial charge in [0.1, 0.15) is 11.9 Å². The monoisotopic (exact) mass is 377 g/mol. The fourth-order valence-electron chi connectivity index (χ4n) is 2.19. The first-order valence-corrected chi connectivity index (χ1v) is 9.17. The Kier molecular flexibility index (Phi) is 12.4. The summed E-state index contributed by atoms with van der Waals surface area (Å²) in [6.07, 6.45) is 0.498. The Labute approximate surface area is 162 Å². The van der Waals surface area contributed by atoms with Gasteiger partial charge in [-0.05, 0) is 24.5 Å². The molecule has 0 aliphatic rings. The smallest absolute Gasteiger partial charge is 0.310 e. The van der Waals surface area contributed by atoms with Crippen LogP contribution in [0.2, 0.25) is 0 Å². The zero-order chi connectivity index (χ0) is 20.8. The van der Waals surface area contributed by atoms with Crippen LogP contribution in [0.5, 0.6) is 0 Å². The first kappa shape index (κ1) is 24.5. The van der Waals surface area contributed by atoms with E-state index in [-0.39, 0.29) is 24.7 Å². The molecule has 0 saturated carbocycles. The van der Waals surface area contributed by atoms with Crippen LogP contribution in [0.15, 0.2) is 52.2 Å². The SMILES string of the molecule is CC.CN=C(c1ccccc1)C(OC(=O)C/C=C(/F)CN=C(C)N)C(C)C. The Bertz CT molecular complexity index is 649. The quantitative estimate of drug-likeness (QED) is 0.416. The van der Waals surface area contributed by atoms with Crippen molar-refractivity contribution in [3.05, 3.63) is 47.8 Å². The third-order valence-corrected chi connectivity index (χ3v) is 3.41. The predicted molar refractivity (Wildman–Crippen MR) is 111 cm³/mol. The van der Waals surface area contributed by atoms with Crippen LogP contribution in [-0.2, 0) is 9.53 Å². The number of carbonyl (C=O) groups excluding carboxylic acids is 1. The summed E-state index contributed by atoms with van der Waals surface area (Å²) in [5.74, 6) is -0.714. The Hall–Kier alpha value is -2.50. The van der Waals surface area contributed by atoms with Gasteiger partial charge in [-0.3, -0.25) is 14.8 Å². The molecule has 0 aromatic heterocycles. The third kappa shape index (κ3) is 9.68. The van der Waals surface area contributed by atoms with E-state index in [0.29, 0.717) is 5.71 Å². The highest BCUT2D eigenvalue weighted by molar-refractivity contribution is 6.04. The second kappa shape index (κ2) is 13.7. The van der Waals surface area contributed by atoms with Crippen molar-refractivity contribution >= 4 is 17.5 Å². The van der Waals surface area contributed by atoms with Crippen molar-refractivity contribution in [2.45, 2.75) is 47.1 Å². The zero-order valence-corrected chi connectivity index (χ0v) is 17.2. The molecule has 1 aromatic rings. The molecule has 0 aliphatic heterocycles. The van der Waals surface area contributed by atoms with Gasteiger partial charge in [-0.15, -0.1) is 0 Å².